The number of imide groups is 1. The van der Waals surface area contributed by atoms with Crippen LogP contribution in [0, 0.1) is 5.92 Å². The number of fused-ring (bicyclic) bond motifs is 2. The Hall–Kier alpha value is -4.76. The molecule has 1 fully saturated rings. The Morgan fingerprint density at radius 1 is 1.02 bits per heavy atom. The van der Waals surface area contributed by atoms with E-state index in [1.165, 1.54) is 49.6 Å². The van der Waals surface area contributed by atoms with Crippen molar-refractivity contribution in [2.75, 3.05) is 23.9 Å². The number of rotatable bonds is 7. The second-order valence-corrected chi connectivity index (χ2v) is 12.2. The highest BCUT2D eigenvalue weighted by Gasteiger charge is 2.57. The first-order chi connectivity index (χ1) is 21.5. The molecule has 1 aromatic heterocycles. The van der Waals surface area contributed by atoms with E-state index in [4.69, 9.17) is 9.47 Å². The van der Waals surface area contributed by atoms with Gasteiger partial charge in [-0.2, -0.15) is 13.2 Å². The van der Waals surface area contributed by atoms with Crippen LogP contribution < -0.4 is 24.6 Å². The van der Waals surface area contributed by atoms with E-state index in [2.05, 4.69) is 10.3 Å². The van der Waals surface area contributed by atoms with Crippen LogP contribution in [0.3, 0.4) is 0 Å². The van der Waals surface area contributed by atoms with Crippen molar-refractivity contribution in [1.29, 1.82) is 0 Å². The minimum absolute atomic E-state index is 0.0403. The van der Waals surface area contributed by atoms with Crippen LogP contribution in [0.2, 0.25) is 0 Å². The first-order valence-electron chi connectivity index (χ1n) is 13.3. The average molecular weight is 658 g/mol. The number of halogens is 3. The summed E-state index contributed by atoms with van der Waals surface area (Å²) < 4.78 is 52.8. The predicted octanol–water partition coefficient (Wildman–Crippen LogP) is 4.98. The van der Waals surface area contributed by atoms with Crippen LogP contribution in [0.1, 0.15) is 21.9 Å². The Balaban J connectivity index is 1.32. The summed E-state index contributed by atoms with van der Waals surface area (Å²) in [7, 11) is 1.36. The normalized spacial score (nSPS) is 19.2. The number of amides is 3. The molecule has 0 aliphatic carbocycles. The molecule has 4 aromatic rings. The number of carbonyl (C=O) groups is 3. The quantitative estimate of drug-likeness (QED) is 0.187. The van der Waals surface area contributed by atoms with Crippen molar-refractivity contribution in [2.45, 2.75) is 22.4 Å². The van der Waals surface area contributed by atoms with E-state index in [1.54, 1.807) is 12.1 Å². The van der Waals surface area contributed by atoms with E-state index in [-0.39, 0.29) is 17.2 Å². The first-order valence-corrected chi connectivity index (χ1v) is 15.0. The molecule has 6 rings (SSSR count). The van der Waals surface area contributed by atoms with Crippen LogP contribution in [-0.4, -0.2) is 46.8 Å². The summed E-state index contributed by atoms with van der Waals surface area (Å²) in [4.78, 5) is 55.7. The molecule has 0 bridgehead atoms. The molecule has 2 aliphatic heterocycles. The van der Waals surface area contributed by atoms with Gasteiger partial charge in [0.05, 0.1) is 29.3 Å². The molecule has 2 unspecified atom stereocenters. The number of thioether (sulfide) groups is 1. The Labute approximate surface area is 260 Å². The standard InChI is InChI=1S/C30H22F3N3O7S2/c1-42-20-12-14(6-11-19(20)43-13-21(38)34-15-7-9-16(37)10-8-15)22-23-25(44-26-24(22)45-29(41)35-26)28(40)36(27(23)39)18-5-3-2-4-17(18)30(31,32)33/h2-12,22-23,25,37H,13H2,1H3,(H,34,38)(H,35,41)/t22-,23?,25?/m1/s1. The van der Waals surface area contributed by atoms with E-state index in [9.17, 15) is 37.5 Å². The lowest BCUT2D eigenvalue weighted by molar-refractivity contribution is -0.137. The number of ether oxygens (including phenoxy) is 2. The molecule has 3 amide bonds. The largest absolute Gasteiger partial charge is 0.508 e. The molecule has 15 heteroatoms. The summed E-state index contributed by atoms with van der Waals surface area (Å²) in [5.74, 6) is -3.74. The zero-order valence-electron chi connectivity index (χ0n) is 23.1. The molecule has 1 saturated heterocycles. The van der Waals surface area contributed by atoms with Gasteiger partial charge in [-0.15, -0.1) is 0 Å². The van der Waals surface area contributed by atoms with Crippen molar-refractivity contribution < 1.29 is 42.1 Å². The summed E-state index contributed by atoms with van der Waals surface area (Å²) in [6.45, 7) is -0.397. The van der Waals surface area contributed by atoms with Gasteiger partial charge in [0.25, 0.3) is 5.91 Å². The molecule has 3 heterocycles. The second-order valence-electron chi connectivity index (χ2n) is 10.1. The molecule has 10 nitrogen and oxygen atoms in total. The number of H-pyrrole nitrogens is 1. The van der Waals surface area contributed by atoms with Crippen LogP contribution in [0.4, 0.5) is 24.5 Å². The molecule has 45 heavy (non-hydrogen) atoms. The average Bonchev–Trinajstić information content (AvgIpc) is 3.50. The van der Waals surface area contributed by atoms with Crippen LogP contribution in [0.15, 0.2) is 76.6 Å². The Bertz CT molecular complexity index is 1870. The SMILES string of the molecule is COc1cc([C@H]2c3sc(=O)[nH]c3SC3C(=O)N(c4ccccc4C(F)(F)F)C(=O)C32)ccc1OCC(=O)Nc1ccc(O)cc1. The fourth-order valence-electron chi connectivity index (χ4n) is 5.40. The van der Waals surface area contributed by atoms with Crippen molar-refractivity contribution in [1.82, 2.24) is 4.98 Å². The molecule has 3 aromatic carbocycles. The maximum atomic E-state index is 13.9. The van der Waals surface area contributed by atoms with E-state index in [1.807, 2.05) is 0 Å². The topological polar surface area (TPSA) is 138 Å². The van der Waals surface area contributed by atoms with Gasteiger partial charge in [0.1, 0.15) is 11.0 Å². The number of hydrogen-bond donors (Lipinski definition) is 3. The highest BCUT2D eigenvalue weighted by Crippen LogP contribution is 2.54. The maximum absolute atomic E-state index is 13.9. The van der Waals surface area contributed by atoms with Crippen LogP contribution in [-0.2, 0) is 20.6 Å². The summed E-state index contributed by atoms with van der Waals surface area (Å²) >= 11 is 1.79. The number of phenols is 1. The highest BCUT2D eigenvalue weighted by molar-refractivity contribution is 8.00. The number of nitrogens with zero attached hydrogens (tertiary/aromatic N) is 1. The second kappa shape index (κ2) is 11.6. The summed E-state index contributed by atoms with van der Waals surface area (Å²) in [6.07, 6.45) is -4.81. The summed E-state index contributed by atoms with van der Waals surface area (Å²) in [6, 6.07) is 14.9. The van der Waals surface area contributed by atoms with Gasteiger partial charge in [-0.05, 0) is 54.1 Å². The Kier molecular flexibility index (Phi) is 7.82. The molecule has 3 atom stereocenters. The fourth-order valence-corrected chi connectivity index (χ4v) is 7.92. The lowest BCUT2D eigenvalue weighted by atomic mass is 9.83. The van der Waals surface area contributed by atoms with Gasteiger partial charge in [0, 0.05) is 16.5 Å². The van der Waals surface area contributed by atoms with Gasteiger partial charge in [0.2, 0.25) is 11.8 Å². The Morgan fingerprint density at radius 2 is 1.76 bits per heavy atom. The van der Waals surface area contributed by atoms with Crippen molar-refractivity contribution in [2.24, 2.45) is 5.92 Å². The number of anilines is 2. The third kappa shape index (κ3) is 5.64. The van der Waals surface area contributed by atoms with Crippen molar-refractivity contribution in [3.8, 4) is 17.2 Å². The molecular formula is C30H22F3N3O7S2. The van der Waals surface area contributed by atoms with E-state index < -0.39 is 63.7 Å². The number of hydrogen-bond acceptors (Lipinski definition) is 9. The van der Waals surface area contributed by atoms with Crippen molar-refractivity contribution in [3.63, 3.8) is 0 Å². The third-order valence-electron chi connectivity index (χ3n) is 7.33. The maximum Gasteiger partial charge on any atom is 0.418 e. The number of methoxy groups -OCH3 is 1. The van der Waals surface area contributed by atoms with E-state index >= 15 is 0 Å². The number of benzene rings is 3. The number of thiazole rings is 1. The first kappa shape index (κ1) is 30.3. The number of aromatic nitrogens is 1. The van der Waals surface area contributed by atoms with E-state index in [0.717, 1.165) is 35.2 Å². The third-order valence-corrected chi connectivity index (χ3v) is 9.73. The minimum atomic E-state index is -4.81. The lowest BCUT2D eigenvalue weighted by Crippen LogP contribution is -2.33. The van der Waals surface area contributed by atoms with Crippen LogP contribution in [0.25, 0.3) is 0 Å². The summed E-state index contributed by atoms with van der Waals surface area (Å²) in [5.41, 5.74) is -0.783. The molecule has 0 radical (unpaired) electrons. The number of phenolic OH excluding ortho intramolecular Hbond substituents is 1. The molecule has 232 valence electrons. The van der Waals surface area contributed by atoms with Gasteiger partial charge in [0.15, 0.2) is 18.1 Å². The van der Waals surface area contributed by atoms with Gasteiger partial charge >= 0.3 is 11.0 Å². The van der Waals surface area contributed by atoms with Gasteiger partial charge < -0.3 is 24.9 Å². The van der Waals surface area contributed by atoms with Gasteiger partial charge in [-0.1, -0.05) is 41.3 Å². The van der Waals surface area contributed by atoms with Gasteiger partial charge in [-0.25, -0.2) is 4.90 Å². The molecular weight excluding hydrogens is 635 g/mol. The Morgan fingerprint density at radius 3 is 2.47 bits per heavy atom. The van der Waals surface area contributed by atoms with Crippen LogP contribution >= 0.6 is 23.1 Å². The van der Waals surface area contributed by atoms with Gasteiger partial charge in [-0.3, -0.25) is 19.2 Å². The number of para-hydroxylation sites is 1. The molecule has 3 N–H and O–H groups in total. The molecule has 2 aliphatic rings. The molecule has 0 spiro atoms. The lowest BCUT2D eigenvalue weighted by Gasteiger charge is -2.30. The minimum Gasteiger partial charge on any atom is -0.508 e. The van der Waals surface area contributed by atoms with Crippen LogP contribution in [0.5, 0.6) is 17.2 Å². The smallest absolute Gasteiger partial charge is 0.418 e. The fraction of sp³-hybridized carbons (Fsp3) is 0.200. The number of alkyl halides is 3. The number of nitrogens with one attached hydrogen (secondary N) is 2. The van der Waals surface area contributed by atoms with Crippen molar-refractivity contribution >= 4 is 52.2 Å². The van der Waals surface area contributed by atoms with E-state index in [0.29, 0.717) is 26.1 Å². The predicted molar refractivity (Wildman–Crippen MR) is 159 cm³/mol. The monoisotopic (exact) mass is 657 g/mol. The number of aromatic hydroxyl groups is 1. The highest BCUT2D eigenvalue weighted by atomic mass is 32.2. The zero-order valence-corrected chi connectivity index (χ0v) is 24.7. The zero-order chi connectivity index (χ0) is 32.0. The number of carbonyl (C=O) groups excluding carboxylic acids is 3. The molecule has 0 saturated carbocycles. The summed E-state index contributed by atoms with van der Waals surface area (Å²) in [5, 5.41) is 11.3. The van der Waals surface area contributed by atoms with Crippen molar-refractivity contribution in [3.05, 3.63) is 92.4 Å². The number of aromatic amines is 1.